The molecular formula is C23H32N2O4. The number of hydrogen-bond donors (Lipinski definition) is 6. The fourth-order valence-electron chi connectivity index (χ4n) is 3.86. The number of fused-ring (bicyclic) bond motifs is 1. The van der Waals surface area contributed by atoms with Gasteiger partial charge in [-0.3, -0.25) is 0 Å². The van der Waals surface area contributed by atoms with E-state index in [1.165, 1.54) is 18.9 Å². The van der Waals surface area contributed by atoms with Crippen LogP contribution < -0.4 is 10.6 Å². The standard InChI is InChI=1S/C23H32N2O4/c26-20-7-5-16(13-22(20)28)9-12-24-10-3-1-2-4-11-25-15-17-14-19-18(17)6-8-21(27)23(19)29/h5-8,13,17,24-29H,1-4,9-12,14-15H2. The van der Waals surface area contributed by atoms with E-state index >= 15 is 0 Å². The highest BCUT2D eigenvalue weighted by Gasteiger charge is 2.29. The van der Waals surface area contributed by atoms with Crippen molar-refractivity contribution in [3.05, 3.63) is 47.0 Å². The molecule has 1 atom stereocenters. The third-order valence-corrected chi connectivity index (χ3v) is 5.67. The third kappa shape index (κ3) is 5.78. The van der Waals surface area contributed by atoms with Gasteiger partial charge in [-0.25, -0.2) is 0 Å². The van der Waals surface area contributed by atoms with Gasteiger partial charge >= 0.3 is 0 Å². The van der Waals surface area contributed by atoms with Crippen molar-refractivity contribution >= 4 is 0 Å². The zero-order valence-electron chi connectivity index (χ0n) is 16.8. The quantitative estimate of drug-likeness (QED) is 0.242. The second kappa shape index (κ2) is 10.4. The summed E-state index contributed by atoms with van der Waals surface area (Å²) in [5, 5.41) is 45.0. The molecule has 0 saturated carbocycles. The maximum Gasteiger partial charge on any atom is 0.160 e. The molecule has 1 unspecified atom stereocenters. The van der Waals surface area contributed by atoms with Gasteiger partial charge in [0.05, 0.1) is 0 Å². The van der Waals surface area contributed by atoms with Gasteiger partial charge in [-0.05, 0) is 74.6 Å². The molecule has 0 aliphatic heterocycles. The van der Waals surface area contributed by atoms with Gasteiger partial charge in [-0.1, -0.05) is 25.0 Å². The number of benzene rings is 2. The van der Waals surface area contributed by atoms with Crippen LogP contribution in [0.2, 0.25) is 0 Å². The summed E-state index contributed by atoms with van der Waals surface area (Å²) in [5.74, 6) is 0.331. The molecule has 2 aromatic carbocycles. The van der Waals surface area contributed by atoms with Crippen LogP contribution in [0.25, 0.3) is 0 Å². The van der Waals surface area contributed by atoms with Crippen molar-refractivity contribution in [3.8, 4) is 23.0 Å². The largest absolute Gasteiger partial charge is 0.504 e. The molecule has 1 aliphatic rings. The number of aromatic hydroxyl groups is 4. The summed E-state index contributed by atoms with van der Waals surface area (Å²) in [6.07, 6.45) is 6.38. The number of nitrogens with one attached hydrogen (secondary N) is 2. The van der Waals surface area contributed by atoms with Crippen LogP contribution in [-0.4, -0.2) is 46.6 Å². The molecule has 2 aromatic rings. The Morgan fingerprint density at radius 2 is 1.48 bits per heavy atom. The lowest BCUT2D eigenvalue weighted by atomic mass is 9.77. The molecule has 6 N–H and O–H groups in total. The van der Waals surface area contributed by atoms with Gasteiger partial charge in [-0.2, -0.15) is 0 Å². The number of rotatable bonds is 12. The van der Waals surface area contributed by atoms with Crippen LogP contribution in [0, 0.1) is 0 Å². The zero-order valence-corrected chi connectivity index (χ0v) is 16.8. The molecule has 6 heteroatoms. The summed E-state index contributed by atoms with van der Waals surface area (Å²) in [6, 6.07) is 8.45. The van der Waals surface area contributed by atoms with Crippen molar-refractivity contribution in [2.24, 2.45) is 0 Å². The molecular weight excluding hydrogens is 368 g/mol. The van der Waals surface area contributed by atoms with E-state index < -0.39 is 0 Å². The first-order valence-electron chi connectivity index (χ1n) is 10.5. The summed E-state index contributed by atoms with van der Waals surface area (Å²) in [7, 11) is 0. The highest BCUT2D eigenvalue weighted by Crippen LogP contribution is 2.44. The lowest BCUT2D eigenvalue weighted by Gasteiger charge is -2.31. The number of phenolic OH excluding ortho intramolecular Hbond substituents is 4. The SMILES string of the molecule is Oc1ccc(CCNCCCCCCNCC2Cc3c2ccc(O)c3O)cc1O. The summed E-state index contributed by atoms with van der Waals surface area (Å²) in [4.78, 5) is 0. The van der Waals surface area contributed by atoms with Crippen molar-refractivity contribution in [1.82, 2.24) is 10.6 Å². The molecule has 158 valence electrons. The Morgan fingerprint density at radius 1 is 0.759 bits per heavy atom. The number of unbranched alkanes of at least 4 members (excludes halogenated alkanes) is 3. The van der Waals surface area contributed by atoms with E-state index in [0.29, 0.717) is 5.92 Å². The van der Waals surface area contributed by atoms with Crippen LogP contribution in [0.4, 0.5) is 0 Å². The van der Waals surface area contributed by atoms with Gasteiger partial charge in [0.1, 0.15) is 0 Å². The van der Waals surface area contributed by atoms with Gasteiger partial charge in [-0.15, -0.1) is 0 Å². The monoisotopic (exact) mass is 400 g/mol. The lowest BCUT2D eigenvalue weighted by Crippen LogP contribution is -2.29. The first-order valence-corrected chi connectivity index (χ1v) is 10.5. The van der Waals surface area contributed by atoms with Crippen molar-refractivity contribution in [3.63, 3.8) is 0 Å². The minimum absolute atomic E-state index is 0.0238. The predicted molar refractivity (Wildman–Crippen MR) is 114 cm³/mol. The highest BCUT2D eigenvalue weighted by atomic mass is 16.3. The van der Waals surface area contributed by atoms with E-state index in [-0.39, 0.29) is 23.0 Å². The van der Waals surface area contributed by atoms with Crippen LogP contribution in [-0.2, 0) is 12.8 Å². The molecule has 1 aliphatic carbocycles. The van der Waals surface area contributed by atoms with Crippen molar-refractivity contribution < 1.29 is 20.4 Å². The van der Waals surface area contributed by atoms with Gasteiger partial charge in [0, 0.05) is 18.0 Å². The first-order chi connectivity index (χ1) is 14.1. The maximum absolute atomic E-state index is 9.79. The number of phenols is 4. The van der Waals surface area contributed by atoms with Gasteiger partial charge < -0.3 is 31.1 Å². The molecule has 0 amide bonds. The van der Waals surface area contributed by atoms with Crippen LogP contribution in [0.3, 0.4) is 0 Å². The molecule has 0 aromatic heterocycles. The summed E-state index contributed by atoms with van der Waals surface area (Å²) in [5.41, 5.74) is 3.06. The van der Waals surface area contributed by atoms with E-state index in [1.54, 1.807) is 12.1 Å². The van der Waals surface area contributed by atoms with Crippen LogP contribution in [0.1, 0.15) is 48.3 Å². The molecule has 0 fully saturated rings. The maximum atomic E-state index is 9.79. The fourth-order valence-corrected chi connectivity index (χ4v) is 3.86. The molecule has 6 nitrogen and oxygen atoms in total. The fraction of sp³-hybridized carbons (Fsp3) is 0.478. The molecule has 3 rings (SSSR count). The highest BCUT2D eigenvalue weighted by molar-refractivity contribution is 5.55. The van der Waals surface area contributed by atoms with E-state index in [0.717, 1.165) is 68.6 Å². The molecule has 29 heavy (non-hydrogen) atoms. The Balaban J connectivity index is 1.15. The van der Waals surface area contributed by atoms with Crippen LogP contribution >= 0.6 is 0 Å². The first kappa shape index (κ1) is 21.3. The average molecular weight is 401 g/mol. The number of hydrogen-bond acceptors (Lipinski definition) is 6. The zero-order chi connectivity index (χ0) is 20.6. The minimum Gasteiger partial charge on any atom is -0.504 e. The topological polar surface area (TPSA) is 105 Å². The molecule has 0 spiro atoms. The smallest absolute Gasteiger partial charge is 0.160 e. The van der Waals surface area contributed by atoms with E-state index in [4.69, 9.17) is 0 Å². The van der Waals surface area contributed by atoms with Crippen molar-refractivity contribution in [1.29, 1.82) is 0 Å². The molecule has 0 saturated heterocycles. The van der Waals surface area contributed by atoms with Gasteiger partial charge in [0.15, 0.2) is 23.0 Å². The Hall–Kier alpha value is -2.44. The van der Waals surface area contributed by atoms with E-state index in [2.05, 4.69) is 10.6 Å². The summed E-state index contributed by atoms with van der Waals surface area (Å²) in [6.45, 7) is 3.79. The molecule has 0 radical (unpaired) electrons. The summed E-state index contributed by atoms with van der Waals surface area (Å²) < 4.78 is 0. The second-order valence-electron chi connectivity index (χ2n) is 7.84. The van der Waals surface area contributed by atoms with Gasteiger partial charge in [0.2, 0.25) is 0 Å². The third-order valence-electron chi connectivity index (χ3n) is 5.67. The second-order valence-corrected chi connectivity index (χ2v) is 7.84. The molecule has 0 bridgehead atoms. The Bertz CT molecular complexity index is 810. The van der Waals surface area contributed by atoms with Crippen LogP contribution in [0.5, 0.6) is 23.0 Å². The summed E-state index contributed by atoms with van der Waals surface area (Å²) >= 11 is 0. The Kier molecular flexibility index (Phi) is 7.61. The van der Waals surface area contributed by atoms with Crippen molar-refractivity contribution in [2.45, 2.75) is 44.4 Å². The Labute approximate surface area is 172 Å². The lowest BCUT2D eigenvalue weighted by molar-refractivity contribution is 0.388. The van der Waals surface area contributed by atoms with Crippen molar-refractivity contribution in [2.75, 3.05) is 26.2 Å². The molecule has 0 heterocycles. The Morgan fingerprint density at radius 3 is 2.24 bits per heavy atom. The predicted octanol–water partition coefficient (Wildman–Crippen LogP) is 3.13. The van der Waals surface area contributed by atoms with Gasteiger partial charge in [0.25, 0.3) is 0 Å². The van der Waals surface area contributed by atoms with E-state index in [1.807, 2.05) is 12.1 Å². The average Bonchev–Trinajstić information content (AvgIpc) is 2.69. The van der Waals surface area contributed by atoms with E-state index in [9.17, 15) is 20.4 Å². The minimum atomic E-state index is -0.0757. The van der Waals surface area contributed by atoms with Crippen LogP contribution in [0.15, 0.2) is 30.3 Å². The normalized spacial score (nSPS) is 15.1.